The third-order valence-electron chi connectivity index (χ3n) is 4.25. The van der Waals surface area contributed by atoms with Gasteiger partial charge in [0, 0.05) is 6.54 Å². The van der Waals surface area contributed by atoms with E-state index < -0.39 is 0 Å². The number of carbonyl (C=O) groups is 1. The van der Waals surface area contributed by atoms with Crippen LogP contribution >= 0.6 is 0 Å². The van der Waals surface area contributed by atoms with Crippen molar-refractivity contribution in [1.82, 2.24) is 10.6 Å². The summed E-state index contributed by atoms with van der Waals surface area (Å²) in [5.41, 5.74) is 0.655. The summed E-state index contributed by atoms with van der Waals surface area (Å²) in [5, 5.41) is 6.45. The Hall–Kier alpha value is -1.75. The maximum atomic E-state index is 12.5. The van der Waals surface area contributed by atoms with Crippen molar-refractivity contribution in [2.45, 2.75) is 44.7 Å². The highest BCUT2D eigenvalue weighted by atomic mass is 16.7. The minimum Gasteiger partial charge on any atom is -0.454 e. The Labute approximate surface area is 125 Å². The monoisotopic (exact) mass is 290 g/mol. The Morgan fingerprint density at radius 2 is 2.24 bits per heavy atom. The molecule has 5 nitrogen and oxygen atoms in total. The van der Waals surface area contributed by atoms with Gasteiger partial charge in [-0.1, -0.05) is 19.4 Å². The molecule has 0 bridgehead atoms. The summed E-state index contributed by atoms with van der Waals surface area (Å²) < 4.78 is 10.6. The van der Waals surface area contributed by atoms with Crippen LogP contribution in [-0.2, 0) is 11.3 Å². The molecule has 0 saturated carbocycles. The van der Waals surface area contributed by atoms with Crippen LogP contribution in [0, 0.1) is 0 Å². The standard InChI is InChI=1S/C16H22N2O3/c1-2-6-16(7-3-8-18-16)15(19)17-10-12-4-5-13-14(9-12)21-11-20-13/h4-5,9,18H,2-3,6-8,10-11H2,1H3,(H,17,19). The van der Waals surface area contributed by atoms with Gasteiger partial charge in [0.25, 0.3) is 0 Å². The number of hydrogen-bond donors (Lipinski definition) is 2. The van der Waals surface area contributed by atoms with Crippen molar-refractivity contribution in [1.29, 1.82) is 0 Å². The molecule has 1 amide bonds. The van der Waals surface area contributed by atoms with Gasteiger partial charge in [0.05, 0.1) is 5.54 Å². The molecule has 0 aromatic heterocycles. The van der Waals surface area contributed by atoms with Gasteiger partial charge < -0.3 is 20.1 Å². The van der Waals surface area contributed by atoms with Crippen molar-refractivity contribution in [2.24, 2.45) is 0 Å². The molecule has 3 rings (SSSR count). The lowest BCUT2D eigenvalue weighted by Crippen LogP contribution is -2.53. The maximum Gasteiger partial charge on any atom is 0.240 e. The van der Waals surface area contributed by atoms with Gasteiger partial charge in [-0.3, -0.25) is 4.79 Å². The lowest BCUT2D eigenvalue weighted by molar-refractivity contribution is -0.127. The Bertz CT molecular complexity index is 524. The summed E-state index contributed by atoms with van der Waals surface area (Å²) in [7, 11) is 0. The van der Waals surface area contributed by atoms with Gasteiger partial charge in [-0.2, -0.15) is 0 Å². The molecule has 1 atom stereocenters. The summed E-state index contributed by atoms with van der Waals surface area (Å²) in [5.74, 6) is 1.63. The number of carbonyl (C=O) groups excluding carboxylic acids is 1. The van der Waals surface area contributed by atoms with E-state index in [4.69, 9.17) is 9.47 Å². The second-order valence-corrected chi connectivity index (χ2v) is 5.73. The molecule has 2 aliphatic heterocycles. The van der Waals surface area contributed by atoms with E-state index in [1.54, 1.807) is 0 Å². The fourth-order valence-electron chi connectivity index (χ4n) is 3.16. The molecule has 114 valence electrons. The SMILES string of the molecule is CCCC1(C(=O)NCc2ccc3c(c2)OCO3)CCCN1. The van der Waals surface area contributed by atoms with Crippen molar-refractivity contribution in [3.05, 3.63) is 23.8 Å². The van der Waals surface area contributed by atoms with E-state index in [1.165, 1.54) is 0 Å². The minimum absolute atomic E-state index is 0.111. The smallest absolute Gasteiger partial charge is 0.240 e. The van der Waals surface area contributed by atoms with Gasteiger partial charge in [-0.15, -0.1) is 0 Å². The first kappa shape index (κ1) is 14.2. The number of rotatable bonds is 5. The molecular formula is C16H22N2O3. The molecule has 1 aromatic rings. The predicted octanol–water partition coefficient (Wildman–Crippen LogP) is 1.95. The number of amides is 1. The fourth-order valence-corrected chi connectivity index (χ4v) is 3.16. The van der Waals surface area contributed by atoms with Crippen LogP contribution in [0.15, 0.2) is 18.2 Å². The zero-order valence-electron chi connectivity index (χ0n) is 12.4. The van der Waals surface area contributed by atoms with Gasteiger partial charge in [0.15, 0.2) is 11.5 Å². The Morgan fingerprint density at radius 1 is 1.38 bits per heavy atom. The van der Waals surface area contributed by atoms with Gasteiger partial charge in [0.1, 0.15) is 0 Å². The van der Waals surface area contributed by atoms with Gasteiger partial charge >= 0.3 is 0 Å². The van der Waals surface area contributed by atoms with Crippen LogP contribution in [0.3, 0.4) is 0 Å². The van der Waals surface area contributed by atoms with E-state index in [9.17, 15) is 4.79 Å². The summed E-state index contributed by atoms with van der Waals surface area (Å²) in [6, 6.07) is 5.78. The molecule has 1 unspecified atom stereocenters. The number of nitrogens with one attached hydrogen (secondary N) is 2. The van der Waals surface area contributed by atoms with Crippen LogP contribution in [0.5, 0.6) is 11.5 Å². The number of fused-ring (bicyclic) bond motifs is 1. The van der Waals surface area contributed by atoms with Crippen molar-refractivity contribution in [3.63, 3.8) is 0 Å². The fraction of sp³-hybridized carbons (Fsp3) is 0.562. The summed E-state index contributed by atoms with van der Waals surface area (Å²) in [6.45, 7) is 3.83. The largest absolute Gasteiger partial charge is 0.454 e. The topological polar surface area (TPSA) is 59.6 Å². The zero-order chi connectivity index (χ0) is 14.7. The van der Waals surface area contributed by atoms with Crippen molar-refractivity contribution in [3.8, 4) is 11.5 Å². The van der Waals surface area contributed by atoms with Crippen molar-refractivity contribution < 1.29 is 14.3 Å². The quantitative estimate of drug-likeness (QED) is 0.870. The van der Waals surface area contributed by atoms with Crippen LogP contribution in [0.25, 0.3) is 0 Å². The summed E-state index contributed by atoms with van der Waals surface area (Å²) in [4.78, 5) is 12.5. The van der Waals surface area contributed by atoms with E-state index in [2.05, 4.69) is 17.6 Å². The first-order chi connectivity index (χ1) is 10.2. The second kappa shape index (κ2) is 5.93. The molecule has 0 aliphatic carbocycles. The second-order valence-electron chi connectivity index (χ2n) is 5.73. The normalized spacial score (nSPS) is 23.3. The number of benzene rings is 1. The molecule has 0 radical (unpaired) electrons. The first-order valence-electron chi connectivity index (χ1n) is 7.65. The van der Waals surface area contributed by atoms with Gasteiger partial charge in [-0.05, 0) is 43.5 Å². The van der Waals surface area contributed by atoms with E-state index in [-0.39, 0.29) is 18.2 Å². The number of hydrogen-bond acceptors (Lipinski definition) is 4. The molecule has 1 saturated heterocycles. The Kier molecular flexibility index (Phi) is 4.01. The molecule has 0 spiro atoms. The minimum atomic E-state index is -0.370. The summed E-state index contributed by atoms with van der Waals surface area (Å²) in [6.07, 6.45) is 3.88. The lowest BCUT2D eigenvalue weighted by atomic mass is 9.91. The molecule has 1 fully saturated rings. The predicted molar refractivity (Wildman–Crippen MR) is 79.3 cm³/mol. The van der Waals surface area contributed by atoms with E-state index in [0.29, 0.717) is 6.54 Å². The summed E-state index contributed by atoms with van der Waals surface area (Å²) >= 11 is 0. The molecule has 21 heavy (non-hydrogen) atoms. The average Bonchev–Trinajstić information content (AvgIpc) is 3.14. The Balaban J connectivity index is 1.62. The van der Waals surface area contributed by atoms with Crippen molar-refractivity contribution in [2.75, 3.05) is 13.3 Å². The first-order valence-corrected chi connectivity index (χ1v) is 7.65. The molecular weight excluding hydrogens is 268 g/mol. The van der Waals surface area contributed by atoms with Crippen LogP contribution in [0.4, 0.5) is 0 Å². The maximum absolute atomic E-state index is 12.5. The zero-order valence-corrected chi connectivity index (χ0v) is 12.4. The van der Waals surface area contributed by atoms with Gasteiger partial charge in [0.2, 0.25) is 12.7 Å². The van der Waals surface area contributed by atoms with Crippen LogP contribution in [0.2, 0.25) is 0 Å². The average molecular weight is 290 g/mol. The molecule has 2 N–H and O–H groups in total. The van der Waals surface area contributed by atoms with Crippen LogP contribution in [0.1, 0.15) is 38.2 Å². The Morgan fingerprint density at radius 3 is 3.00 bits per heavy atom. The van der Waals surface area contributed by atoms with Gasteiger partial charge in [-0.25, -0.2) is 0 Å². The molecule has 2 aliphatic rings. The molecule has 2 heterocycles. The van der Waals surface area contributed by atoms with E-state index >= 15 is 0 Å². The molecule has 1 aromatic carbocycles. The van der Waals surface area contributed by atoms with Crippen molar-refractivity contribution >= 4 is 5.91 Å². The third-order valence-corrected chi connectivity index (χ3v) is 4.25. The number of ether oxygens (including phenoxy) is 2. The third kappa shape index (κ3) is 2.83. The van der Waals surface area contributed by atoms with E-state index in [0.717, 1.165) is 49.3 Å². The lowest BCUT2D eigenvalue weighted by Gasteiger charge is -2.27. The molecule has 5 heteroatoms. The van der Waals surface area contributed by atoms with E-state index in [1.807, 2.05) is 18.2 Å². The highest BCUT2D eigenvalue weighted by Crippen LogP contribution is 2.32. The van der Waals surface area contributed by atoms with Crippen LogP contribution < -0.4 is 20.1 Å². The highest BCUT2D eigenvalue weighted by molar-refractivity contribution is 5.86. The highest BCUT2D eigenvalue weighted by Gasteiger charge is 2.39. The van der Waals surface area contributed by atoms with Crippen LogP contribution in [-0.4, -0.2) is 24.8 Å².